The zero-order valence-electron chi connectivity index (χ0n) is 8.79. The Kier molecular flexibility index (Phi) is 4.49. The quantitative estimate of drug-likeness (QED) is 0.835. The molecule has 0 aliphatic rings. The van der Waals surface area contributed by atoms with Gasteiger partial charge in [0.2, 0.25) is 5.91 Å². The Labute approximate surface area is 102 Å². The second-order valence-electron chi connectivity index (χ2n) is 3.32. The van der Waals surface area contributed by atoms with E-state index in [1.54, 1.807) is 13.0 Å². The van der Waals surface area contributed by atoms with Crippen molar-refractivity contribution in [2.24, 2.45) is 0 Å². The van der Waals surface area contributed by atoms with Crippen LogP contribution in [-0.2, 0) is 4.79 Å². The monoisotopic (exact) mass is 285 g/mol. The summed E-state index contributed by atoms with van der Waals surface area (Å²) in [6, 6.07) is 4.61. The minimum Gasteiger partial charge on any atom is -0.478 e. The first-order chi connectivity index (χ1) is 7.54. The molecule has 0 unspecified atom stereocenters. The lowest BCUT2D eigenvalue weighted by molar-refractivity contribution is -0.115. The van der Waals surface area contributed by atoms with E-state index in [1.807, 2.05) is 0 Å². The van der Waals surface area contributed by atoms with Gasteiger partial charge < -0.3 is 10.4 Å². The summed E-state index contributed by atoms with van der Waals surface area (Å²) in [5, 5.41) is 12.1. The van der Waals surface area contributed by atoms with E-state index in [-0.39, 0.29) is 11.5 Å². The van der Waals surface area contributed by atoms with Crippen LogP contribution in [0.25, 0.3) is 0 Å². The lowest BCUT2D eigenvalue weighted by Gasteiger charge is -2.08. The summed E-state index contributed by atoms with van der Waals surface area (Å²) in [6.07, 6.45) is 0.389. The standard InChI is InChI=1S/C11H12BrNO3/c1-7-6-8(11(15)16)2-3-9(7)13-10(14)4-5-12/h2-3,6H,4-5H2,1H3,(H,13,14)(H,15,16). The Morgan fingerprint density at radius 1 is 1.44 bits per heavy atom. The number of anilines is 1. The van der Waals surface area contributed by atoms with Crippen molar-refractivity contribution < 1.29 is 14.7 Å². The third-order valence-corrected chi connectivity index (χ3v) is 2.47. The molecule has 1 aromatic carbocycles. The molecule has 0 saturated heterocycles. The Morgan fingerprint density at radius 2 is 2.12 bits per heavy atom. The molecule has 0 aliphatic heterocycles. The van der Waals surface area contributed by atoms with Crippen LogP contribution < -0.4 is 5.32 Å². The molecule has 1 rings (SSSR count). The van der Waals surface area contributed by atoms with Crippen LogP contribution in [0.3, 0.4) is 0 Å². The van der Waals surface area contributed by atoms with E-state index in [0.717, 1.165) is 5.56 Å². The van der Waals surface area contributed by atoms with Crippen LogP contribution in [-0.4, -0.2) is 22.3 Å². The molecule has 0 heterocycles. The molecule has 4 nitrogen and oxygen atoms in total. The molecule has 16 heavy (non-hydrogen) atoms. The normalized spacial score (nSPS) is 9.88. The minimum atomic E-state index is -0.971. The van der Waals surface area contributed by atoms with E-state index >= 15 is 0 Å². The Bertz CT molecular complexity index is 418. The SMILES string of the molecule is Cc1cc(C(=O)O)ccc1NC(=O)CCBr. The molecule has 0 saturated carbocycles. The van der Waals surface area contributed by atoms with Gasteiger partial charge in [-0.1, -0.05) is 15.9 Å². The highest BCUT2D eigenvalue weighted by molar-refractivity contribution is 9.09. The largest absolute Gasteiger partial charge is 0.478 e. The fourth-order valence-corrected chi connectivity index (χ4v) is 1.60. The van der Waals surface area contributed by atoms with Gasteiger partial charge in [-0.25, -0.2) is 4.79 Å². The maximum absolute atomic E-state index is 11.3. The van der Waals surface area contributed by atoms with Gasteiger partial charge in [-0.05, 0) is 30.7 Å². The Balaban J connectivity index is 2.83. The smallest absolute Gasteiger partial charge is 0.335 e. The van der Waals surface area contributed by atoms with Crippen LogP contribution in [0.2, 0.25) is 0 Å². The third kappa shape index (κ3) is 3.34. The number of amides is 1. The van der Waals surface area contributed by atoms with Crippen molar-refractivity contribution in [1.82, 2.24) is 0 Å². The fraction of sp³-hybridized carbons (Fsp3) is 0.273. The first kappa shape index (κ1) is 12.7. The van der Waals surface area contributed by atoms with Gasteiger partial charge in [-0.3, -0.25) is 4.79 Å². The number of carboxylic acid groups (broad SMARTS) is 1. The molecule has 0 aromatic heterocycles. The topological polar surface area (TPSA) is 66.4 Å². The number of aromatic carboxylic acids is 1. The van der Waals surface area contributed by atoms with Crippen LogP contribution >= 0.6 is 15.9 Å². The Morgan fingerprint density at radius 3 is 2.62 bits per heavy atom. The van der Waals surface area contributed by atoms with E-state index in [1.165, 1.54) is 12.1 Å². The number of rotatable bonds is 4. The highest BCUT2D eigenvalue weighted by Crippen LogP contribution is 2.16. The average Bonchev–Trinajstić information content (AvgIpc) is 2.21. The van der Waals surface area contributed by atoms with Crippen LogP contribution in [0, 0.1) is 6.92 Å². The van der Waals surface area contributed by atoms with E-state index in [2.05, 4.69) is 21.2 Å². The predicted molar refractivity (Wildman–Crippen MR) is 65.2 cm³/mol. The summed E-state index contributed by atoms with van der Waals surface area (Å²) in [4.78, 5) is 22.0. The zero-order valence-corrected chi connectivity index (χ0v) is 10.4. The molecule has 2 N–H and O–H groups in total. The van der Waals surface area contributed by atoms with Gasteiger partial charge in [0, 0.05) is 17.4 Å². The molecule has 1 aromatic rings. The summed E-state index contributed by atoms with van der Waals surface area (Å²) in [6.45, 7) is 1.76. The van der Waals surface area contributed by atoms with Crippen molar-refractivity contribution in [1.29, 1.82) is 0 Å². The number of hydrogen-bond donors (Lipinski definition) is 2. The molecule has 5 heteroatoms. The number of aryl methyl sites for hydroxylation is 1. The van der Waals surface area contributed by atoms with Crippen molar-refractivity contribution >= 4 is 33.5 Å². The number of benzene rings is 1. The fourth-order valence-electron chi connectivity index (χ4n) is 1.24. The molecular weight excluding hydrogens is 274 g/mol. The molecule has 0 fully saturated rings. The highest BCUT2D eigenvalue weighted by atomic mass is 79.9. The molecule has 0 spiro atoms. The van der Waals surface area contributed by atoms with E-state index in [9.17, 15) is 9.59 Å². The van der Waals surface area contributed by atoms with Gasteiger partial charge in [-0.2, -0.15) is 0 Å². The minimum absolute atomic E-state index is 0.0944. The number of hydrogen-bond acceptors (Lipinski definition) is 2. The van der Waals surface area contributed by atoms with Gasteiger partial charge in [0.15, 0.2) is 0 Å². The van der Waals surface area contributed by atoms with E-state index in [4.69, 9.17) is 5.11 Å². The van der Waals surface area contributed by atoms with Crippen molar-refractivity contribution in [2.75, 3.05) is 10.6 Å². The van der Waals surface area contributed by atoms with E-state index in [0.29, 0.717) is 17.4 Å². The molecule has 86 valence electrons. The number of carbonyl (C=O) groups is 2. The van der Waals surface area contributed by atoms with Crippen LogP contribution in [0.5, 0.6) is 0 Å². The van der Waals surface area contributed by atoms with Gasteiger partial charge in [0.05, 0.1) is 5.56 Å². The number of nitrogens with one attached hydrogen (secondary N) is 1. The number of carboxylic acids is 1. The molecule has 1 amide bonds. The van der Waals surface area contributed by atoms with Crippen LogP contribution in [0.15, 0.2) is 18.2 Å². The van der Waals surface area contributed by atoms with Crippen molar-refractivity contribution in [2.45, 2.75) is 13.3 Å². The summed E-state index contributed by atoms with van der Waals surface area (Å²) in [5.74, 6) is -1.07. The predicted octanol–water partition coefficient (Wildman–Crippen LogP) is 2.42. The first-order valence-electron chi connectivity index (χ1n) is 4.74. The van der Waals surface area contributed by atoms with Crippen LogP contribution in [0.1, 0.15) is 22.3 Å². The van der Waals surface area contributed by atoms with Gasteiger partial charge in [0.25, 0.3) is 0 Å². The van der Waals surface area contributed by atoms with Gasteiger partial charge >= 0.3 is 5.97 Å². The third-order valence-electron chi connectivity index (χ3n) is 2.07. The molecule has 0 aliphatic carbocycles. The van der Waals surface area contributed by atoms with Crippen molar-refractivity contribution in [3.05, 3.63) is 29.3 Å². The summed E-state index contributed by atoms with van der Waals surface area (Å²) in [7, 11) is 0. The van der Waals surface area contributed by atoms with E-state index < -0.39 is 5.97 Å². The van der Waals surface area contributed by atoms with Crippen molar-refractivity contribution in [3.63, 3.8) is 0 Å². The molecule has 0 atom stereocenters. The summed E-state index contributed by atoms with van der Waals surface area (Å²) < 4.78 is 0. The van der Waals surface area contributed by atoms with Crippen molar-refractivity contribution in [3.8, 4) is 0 Å². The number of halogens is 1. The molecule has 0 bridgehead atoms. The maximum Gasteiger partial charge on any atom is 0.335 e. The second-order valence-corrected chi connectivity index (χ2v) is 4.12. The summed E-state index contributed by atoms with van der Waals surface area (Å²) >= 11 is 3.17. The lowest BCUT2D eigenvalue weighted by atomic mass is 10.1. The Hall–Kier alpha value is -1.36. The molecule has 0 radical (unpaired) electrons. The number of alkyl halides is 1. The maximum atomic E-state index is 11.3. The molecular formula is C11H12BrNO3. The highest BCUT2D eigenvalue weighted by Gasteiger charge is 2.07. The lowest BCUT2D eigenvalue weighted by Crippen LogP contribution is -2.12. The average molecular weight is 286 g/mol. The summed E-state index contributed by atoms with van der Waals surface area (Å²) in [5.41, 5.74) is 1.61. The van der Waals surface area contributed by atoms with Gasteiger partial charge in [0.1, 0.15) is 0 Å². The number of carbonyl (C=O) groups excluding carboxylic acids is 1. The second kappa shape index (κ2) is 5.65. The zero-order chi connectivity index (χ0) is 12.1. The van der Waals surface area contributed by atoms with Crippen LogP contribution in [0.4, 0.5) is 5.69 Å². The van der Waals surface area contributed by atoms with Gasteiger partial charge in [-0.15, -0.1) is 0 Å². The first-order valence-corrected chi connectivity index (χ1v) is 5.86.